The summed E-state index contributed by atoms with van der Waals surface area (Å²) in [6, 6.07) is 9.13. The maximum Gasteiger partial charge on any atom is 0.241 e. The zero-order chi connectivity index (χ0) is 22.5. The van der Waals surface area contributed by atoms with Gasteiger partial charge in [-0.25, -0.2) is 22.0 Å². The van der Waals surface area contributed by atoms with Crippen molar-refractivity contribution in [3.8, 4) is 5.75 Å². The van der Waals surface area contributed by atoms with Crippen LogP contribution in [0.25, 0.3) is 0 Å². The van der Waals surface area contributed by atoms with Gasteiger partial charge >= 0.3 is 0 Å². The van der Waals surface area contributed by atoms with E-state index in [1.807, 2.05) is 6.92 Å². The Morgan fingerprint density at radius 2 is 1.67 bits per heavy atom. The van der Waals surface area contributed by atoms with Crippen LogP contribution in [0.15, 0.2) is 52.3 Å². The van der Waals surface area contributed by atoms with Crippen molar-refractivity contribution in [2.24, 2.45) is 5.14 Å². The molecule has 0 aliphatic carbocycles. The quantitative estimate of drug-likeness (QED) is 0.515. The lowest BCUT2D eigenvalue weighted by atomic mass is 10.2. The predicted octanol–water partition coefficient (Wildman–Crippen LogP) is 1.02. The number of hydrogen-bond donors (Lipinski definition) is 3. The van der Waals surface area contributed by atoms with Crippen molar-refractivity contribution < 1.29 is 26.4 Å². The van der Waals surface area contributed by atoms with Crippen LogP contribution in [0.2, 0.25) is 0 Å². The molecule has 0 aromatic heterocycles. The average Bonchev–Trinajstić information content (AvgIpc) is 2.67. The summed E-state index contributed by atoms with van der Waals surface area (Å²) in [5.74, 6) is 0.0625. The van der Waals surface area contributed by atoms with Crippen molar-refractivity contribution in [2.75, 3.05) is 6.61 Å². The Morgan fingerprint density at radius 1 is 1.07 bits per heavy atom. The van der Waals surface area contributed by atoms with Gasteiger partial charge in [-0.15, -0.1) is 0 Å². The topological polar surface area (TPSA) is 145 Å². The van der Waals surface area contributed by atoms with Crippen molar-refractivity contribution >= 4 is 26.0 Å². The minimum Gasteiger partial charge on any atom is -0.494 e. The van der Waals surface area contributed by atoms with Crippen LogP contribution < -0.4 is 19.9 Å². The monoisotopic (exact) mass is 455 g/mol. The summed E-state index contributed by atoms with van der Waals surface area (Å²) in [7, 11) is -7.70. The van der Waals surface area contributed by atoms with Crippen molar-refractivity contribution in [3.05, 3.63) is 53.6 Å². The normalized spacial score (nSPS) is 12.9. The summed E-state index contributed by atoms with van der Waals surface area (Å²) >= 11 is 0. The van der Waals surface area contributed by atoms with Gasteiger partial charge in [0.15, 0.2) is 0 Å². The zero-order valence-corrected chi connectivity index (χ0v) is 18.5. The smallest absolute Gasteiger partial charge is 0.241 e. The number of rotatable bonds is 9. The van der Waals surface area contributed by atoms with Crippen LogP contribution >= 0.6 is 0 Å². The lowest BCUT2D eigenvalue weighted by Gasteiger charge is -2.15. The van der Waals surface area contributed by atoms with Crippen LogP contribution in [0.3, 0.4) is 0 Å². The molecule has 1 amide bonds. The second kappa shape index (κ2) is 9.56. The van der Waals surface area contributed by atoms with Gasteiger partial charge in [0.05, 0.1) is 22.4 Å². The minimum absolute atomic E-state index is 0.0293. The molecule has 0 radical (unpaired) electrons. The Bertz CT molecular complexity index is 1110. The van der Waals surface area contributed by atoms with Crippen LogP contribution in [0.5, 0.6) is 5.75 Å². The largest absolute Gasteiger partial charge is 0.494 e. The number of ether oxygens (including phenoxy) is 1. The molecule has 0 spiro atoms. The Morgan fingerprint density at radius 3 is 2.20 bits per heavy atom. The summed E-state index contributed by atoms with van der Waals surface area (Å²) in [6.45, 7) is 5.56. The van der Waals surface area contributed by atoms with E-state index in [0.717, 1.165) is 0 Å². The van der Waals surface area contributed by atoms with Crippen molar-refractivity contribution in [3.63, 3.8) is 0 Å². The van der Waals surface area contributed by atoms with Crippen LogP contribution in [0, 0.1) is 6.92 Å². The Kier molecular flexibility index (Phi) is 7.59. The number of aryl methyl sites for hydroxylation is 1. The molecule has 0 unspecified atom stereocenters. The molecule has 0 saturated heterocycles. The number of amides is 1. The molecule has 4 N–H and O–H groups in total. The van der Waals surface area contributed by atoms with Gasteiger partial charge in [-0.3, -0.25) is 4.79 Å². The molecule has 0 bridgehead atoms. The highest BCUT2D eigenvalue weighted by atomic mass is 32.2. The second-order valence-corrected chi connectivity index (χ2v) is 9.89. The van der Waals surface area contributed by atoms with Gasteiger partial charge in [0.1, 0.15) is 5.75 Å². The molecule has 9 nitrogen and oxygen atoms in total. The van der Waals surface area contributed by atoms with E-state index >= 15 is 0 Å². The number of carbonyl (C=O) groups is 1. The van der Waals surface area contributed by atoms with Crippen molar-refractivity contribution in [2.45, 2.75) is 43.1 Å². The van der Waals surface area contributed by atoms with E-state index in [4.69, 9.17) is 9.88 Å². The molecule has 11 heteroatoms. The second-order valence-electron chi connectivity index (χ2n) is 6.61. The van der Waals surface area contributed by atoms with E-state index < -0.39 is 32.0 Å². The van der Waals surface area contributed by atoms with E-state index in [1.165, 1.54) is 43.3 Å². The molecule has 164 valence electrons. The average molecular weight is 456 g/mol. The van der Waals surface area contributed by atoms with Crippen molar-refractivity contribution in [1.29, 1.82) is 0 Å². The first kappa shape index (κ1) is 23.8. The fraction of sp³-hybridized carbons (Fsp3) is 0.316. The Labute approximate surface area is 176 Å². The third-order valence-electron chi connectivity index (χ3n) is 4.20. The van der Waals surface area contributed by atoms with E-state index in [0.29, 0.717) is 23.5 Å². The number of sulfonamides is 2. The Hall–Kier alpha value is -2.47. The van der Waals surface area contributed by atoms with E-state index in [9.17, 15) is 21.6 Å². The third kappa shape index (κ3) is 6.26. The molecular weight excluding hydrogens is 430 g/mol. The summed E-state index contributed by atoms with van der Waals surface area (Å²) in [4.78, 5) is 12.3. The lowest BCUT2D eigenvalue weighted by Crippen LogP contribution is -2.44. The number of primary sulfonamides is 1. The van der Waals surface area contributed by atoms with Crippen LogP contribution in [0.1, 0.15) is 25.0 Å². The van der Waals surface area contributed by atoms with Gasteiger partial charge in [-0.2, -0.15) is 4.72 Å². The first-order valence-corrected chi connectivity index (χ1v) is 12.1. The number of benzene rings is 2. The fourth-order valence-electron chi connectivity index (χ4n) is 2.60. The van der Waals surface area contributed by atoms with Crippen LogP contribution in [-0.2, 0) is 31.4 Å². The van der Waals surface area contributed by atoms with Crippen molar-refractivity contribution in [1.82, 2.24) is 10.0 Å². The van der Waals surface area contributed by atoms with Crippen LogP contribution in [-0.4, -0.2) is 35.4 Å². The molecular formula is C19H25N3O6S2. The number of hydrogen-bond acceptors (Lipinski definition) is 6. The number of carbonyl (C=O) groups excluding carboxylic acids is 1. The summed E-state index contributed by atoms with van der Waals surface area (Å²) < 4.78 is 55.4. The number of nitrogens with one attached hydrogen (secondary N) is 2. The van der Waals surface area contributed by atoms with Gasteiger partial charge in [0, 0.05) is 6.54 Å². The minimum atomic E-state index is -3.91. The van der Waals surface area contributed by atoms with E-state index in [1.54, 1.807) is 13.0 Å². The lowest BCUT2D eigenvalue weighted by molar-refractivity contribution is -0.122. The Balaban J connectivity index is 2.00. The molecule has 0 heterocycles. The standard InChI is InChI=1S/C19H25N3O6S2/c1-4-28-18-10-9-17(11-13(18)2)30(26,27)22-14(3)19(23)21-12-15-5-7-16(8-6-15)29(20,24)25/h5-11,14,22H,4,12H2,1-3H3,(H,21,23)(H2,20,24,25)/t14-/m1/s1. The summed E-state index contributed by atoms with van der Waals surface area (Å²) in [5, 5.41) is 7.64. The maximum absolute atomic E-state index is 12.6. The highest BCUT2D eigenvalue weighted by Crippen LogP contribution is 2.22. The molecule has 2 aromatic carbocycles. The van der Waals surface area contributed by atoms with Gasteiger partial charge in [-0.05, 0) is 62.2 Å². The molecule has 0 fully saturated rings. The molecule has 0 saturated carbocycles. The molecule has 0 aliphatic rings. The molecule has 30 heavy (non-hydrogen) atoms. The summed E-state index contributed by atoms with van der Waals surface area (Å²) in [5.41, 5.74) is 1.30. The highest BCUT2D eigenvalue weighted by Gasteiger charge is 2.22. The van der Waals surface area contributed by atoms with Gasteiger partial charge in [0.2, 0.25) is 26.0 Å². The van der Waals surface area contributed by atoms with E-state index in [2.05, 4.69) is 10.0 Å². The predicted molar refractivity (Wildman–Crippen MR) is 112 cm³/mol. The third-order valence-corrected chi connectivity index (χ3v) is 6.67. The van der Waals surface area contributed by atoms with Gasteiger partial charge in [0.25, 0.3) is 0 Å². The molecule has 2 aromatic rings. The van der Waals surface area contributed by atoms with Gasteiger partial charge < -0.3 is 10.1 Å². The first-order valence-electron chi connectivity index (χ1n) is 9.09. The summed E-state index contributed by atoms with van der Waals surface area (Å²) in [6.07, 6.45) is 0. The first-order chi connectivity index (χ1) is 13.9. The molecule has 2 rings (SSSR count). The SMILES string of the molecule is CCOc1ccc(S(=O)(=O)N[C@H](C)C(=O)NCc2ccc(S(N)(=O)=O)cc2)cc1C. The zero-order valence-electron chi connectivity index (χ0n) is 16.9. The highest BCUT2D eigenvalue weighted by molar-refractivity contribution is 7.89. The molecule has 0 aliphatic heterocycles. The maximum atomic E-state index is 12.6. The molecule has 1 atom stereocenters. The van der Waals surface area contributed by atoms with Gasteiger partial charge in [-0.1, -0.05) is 12.1 Å². The number of nitrogens with two attached hydrogens (primary N) is 1. The van der Waals surface area contributed by atoms with Crippen LogP contribution in [0.4, 0.5) is 0 Å². The fourth-order valence-corrected chi connectivity index (χ4v) is 4.40. The van der Waals surface area contributed by atoms with E-state index in [-0.39, 0.29) is 16.3 Å².